The van der Waals surface area contributed by atoms with Gasteiger partial charge >= 0.3 is 0 Å². The molecule has 1 fully saturated rings. The molecule has 0 radical (unpaired) electrons. The first-order valence-corrected chi connectivity index (χ1v) is 7.39. The summed E-state index contributed by atoms with van der Waals surface area (Å²) in [5.74, 6) is -0.353. The van der Waals surface area contributed by atoms with Crippen LogP contribution in [0.1, 0.15) is 34.6 Å². The first kappa shape index (κ1) is 14.2. The van der Waals surface area contributed by atoms with Gasteiger partial charge < -0.3 is 4.74 Å². The van der Waals surface area contributed by atoms with Gasteiger partial charge in [-0.3, -0.25) is 19.4 Å². The maximum atomic E-state index is 12.3. The normalized spacial score (nSPS) is 26.3. The fraction of sp³-hybridized carbons (Fsp3) is 0.500. The molecule has 5 heteroatoms. The second-order valence-corrected chi connectivity index (χ2v) is 5.80. The molecule has 2 aliphatic rings. The Morgan fingerprint density at radius 2 is 1.71 bits per heavy atom. The number of amides is 2. The van der Waals surface area contributed by atoms with Gasteiger partial charge in [-0.1, -0.05) is 12.1 Å². The quantitative estimate of drug-likeness (QED) is 0.789. The summed E-state index contributed by atoms with van der Waals surface area (Å²) in [5, 5.41) is 0. The van der Waals surface area contributed by atoms with Gasteiger partial charge in [0.1, 0.15) is 0 Å². The van der Waals surface area contributed by atoms with Crippen molar-refractivity contribution in [3.63, 3.8) is 0 Å². The number of rotatable bonds is 3. The number of ether oxygens (including phenoxy) is 1. The third-order valence-electron chi connectivity index (χ3n) is 4.23. The third kappa shape index (κ3) is 2.59. The second-order valence-electron chi connectivity index (χ2n) is 5.80. The van der Waals surface area contributed by atoms with Gasteiger partial charge in [-0.25, -0.2) is 0 Å². The van der Waals surface area contributed by atoms with Gasteiger partial charge in [0.05, 0.1) is 23.8 Å². The van der Waals surface area contributed by atoms with E-state index in [4.69, 9.17) is 4.74 Å². The number of morpholine rings is 1. The molecule has 3 rings (SSSR count). The Morgan fingerprint density at radius 3 is 2.33 bits per heavy atom. The zero-order chi connectivity index (χ0) is 15.0. The largest absolute Gasteiger partial charge is 0.376 e. The lowest BCUT2D eigenvalue weighted by molar-refractivity contribution is -0.0501. The van der Waals surface area contributed by atoms with Gasteiger partial charge in [0.15, 0.2) is 0 Å². The van der Waals surface area contributed by atoms with Gasteiger partial charge in [-0.05, 0) is 26.0 Å². The van der Waals surface area contributed by atoms with Crippen LogP contribution >= 0.6 is 0 Å². The Hall–Kier alpha value is -1.72. The molecule has 112 valence electrons. The van der Waals surface area contributed by atoms with E-state index in [1.807, 2.05) is 6.92 Å². The molecule has 5 nitrogen and oxygen atoms in total. The zero-order valence-electron chi connectivity index (χ0n) is 12.4. The fourth-order valence-corrected chi connectivity index (χ4v) is 2.95. The average molecular weight is 288 g/mol. The molecule has 2 atom stereocenters. The Morgan fingerprint density at radius 1 is 1.10 bits per heavy atom. The SMILES string of the molecule is CC1CN(CCN2C(=O)c3ccccc3C2=O)C(C)CO1. The molecule has 0 aliphatic carbocycles. The maximum Gasteiger partial charge on any atom is 0.261 e. The molecule has 1 aromatic carbocycles. The van der Waals surface area contributed by atoms with E-state index in [0.717, 1.165) is 6.54 Å². The van der Waals surface area contributed by atoms with Crippen LogP contribution in [-0.2, 0) is 4.74 Å². The minimum absolute atomic E-state index is 0.176. The Labute approximate surface area is 124 Å². The monoisotopic (exact) mass is 288 g/mol. The molecule has 0 aromatic heterocycles. The number of benzene rings is 1. The van der Waals surface area contributed by atoms with E-state index in [9.17, 15) is 9.59 Å². The number of imide groups is 1. The first-order chi connectivity index (χ1) is 10.1. The van der Waals surface area contributed by atoms with Gasteiger partial charge in [0.25, 0.3) is 11.8 Å². The lowest BCUT2D eigenvalue weighted by atomic mass is 10.1. The minimum Gasteiger partial charge on any atom is -0.376 e. The first-order valence-electron chi connectivity index (χ1n) is 7.39. The van der Waals surface area contributed by atoms with E-state index in [0.29, 0.717) is 36.9 Å². The third-order valence-corrected chi connectivity index (χ3v) is 4.23. The Kier molecular flexibility index (Phi) is 3.78. The highest BCUT2D eigenvalue weighted by molar-refractivity contribution is 6.21. The van der Waals surface area contributed by atoms with Gasteiger partial charge in [-0.2, -0.15) is 0 Å². The lowest BCUT2D eigenvalue weighted by Crippen LogP contribution is -2.50. The summed E-state index contributed by atoms with van der Waals surface area (Å²) < 4.78 is 5.60. The van der Waals surface area contributed by atoms with Crippen LogP contribution in [0.3, 0.4) is 0 Å². The molecule has 1 aromatic rings. The second kappa shape index (κ2) is 5.58. The highest BCUT2D eigenvalue weighted by atomic mass is 16.5. The van der Waals surface area contributed by atoms with E-state index >= 15 is 0 Å². The molecule has 0 N–H and O–H groups in total. The maximum absolute atomic E-state index is 12.3. The van der Waals surface area contributed by atoms with Crippen molar-refractivity contribution in [2.24, 2.45) is 0 Å². The number of carbonyl (C=O) groups excluding carboxylic acids is 2. The van der Waals surface area contributed by atoms with Crippen molar-refractivity contribution < 1.29 is 14.3 Å². The average Bonchev–Trinajstić information content (AvgIpc) is 2.73. The van der Waals surface area contributed by atoms with Crippen molar-refractivity contribution in [1.29, 1.82) is 0 Å². The molecule has 0 saturated carbocycles. The predicted octanol–water partition coefficient (Wildman–Crippen LogP) is 1.39. The Balaban J connectivity index is 1.67. The molecular formula is C16H20N2O3. The summed E-state index contributed by atoms with van der Waals surface area (Å²) in [5.41, 5.74) is 1.04. The van der Waals surface area contributed by atoms with Crippen molar-refractivity contribution in [3.05, 3.63) is 35.4 Å². The van der Waals surface area contributed by atoms with Gasteiger partial charge in [-0.15, -0.1) is 0 Å². The van der Waals surface area contributed by atoms with E-state index in [2.05, 4.69) is 11.8 Å². The smallest absolute Gasteiger partial charge is 0.261 e. The van der Waals surface area contributed by atoms with Crippen LogP contribution in [0, 0.1) is 0 Å². The molecule has 2 aliphatic heterocycles. The number of hydrogen-bond donors (Lipinski definition) is 0. The molecule has 21 heavy (non-hydrogen) atoms. The molecule has 2 heterocycles. The van der Waals surface area contributed by atoms with Crippen molar-refractivity contribution in [2.75, 3.05) is 26.2 Å². The van der Waals surface area contributed by atoms with Crippen LogP contribution in [0.15, 0.2) is 24.3 Å². The van der Waals surface area contributed by atoms with E-state index in [1.165, 1.54) is 4.90 Å². The molecule has 0 bridgehead atoms. The van der Waals surface area contributed by atoms with Crippen LogP contribution < -0.4 is 0 Å². The standard InChI is InChI=1S/C16H20N2O3/c1-11-10-21-12(2)9-17(11)7-8-18-15(19)13-5-3-4-6-14(13)16(18)20/h3-6,11-12H,7-10H2,1-2H3. The van der Waals surface area contributed by atoms with Crippen molar-refractivity contribution in [1.82, 2.24) is 9.80 Å². The predicted molar refractivity (Wildman–Crippen MR) is 78.3 cm³/mol. The molecule has 1 saturated heterocycles. The molecule has 2 unspecified atom stereocenters. The van der Waals surface area contributed by atoms with Crippen LogP contribution in [0.25, 0.3) is 0 Å². The zero-order valence-corrected chi connectivity index (χ0v) is 12.4. The lowest BCUT2D eigenvalue weighted by Gasteiger charge is -2.37. The number of carbonyl (C=O) groups is 2. The highest BCUT2D eigenvalue weighted by Crippen LogP contribution is 2.22. The summed E-state index contributed by atoms with van der Waals surface area (Å²) >= 11 is 0. The Bertz CT molecular complexity index is 537. The van der Waals surface area contributed by atoms with Crippen molar-refractivity contribution >= 4 is 11.8 Å². The van der Waals surface area contributed by atoms with Crippen molar-refractivity contribution in [2.45, 2.75) is 26.0 Å². The number of fused-ring (bicyclic) bond motifs is 1. The number of nitrogens with zero attached hydrogens (tertiary/aromatic N) is 2. The van der Waals surface area contributed by atoms with Crippen LogP contribution in [0.5, 0.6) is 0 Å². The van der Waals surface area contributed by atoms with Crippen LogP contribution in [-0.4, -0.2) is 60.0 Å². The summed E-state index contributed by atoms with van der Waals surface area (Å²) in [6.07, 6.45) is 0.198. The fourth-order valence-electron chi connectivity index (χ4n) is 2.95. The topological polar surface area (TPSA) is 49.9 Å². The minimum atomic E-state index is -0.176. The van der Waals surface area contributed by atoms with Crippen molar-refractivity contribution in [3.8, 4) is 0 Å². The van der Waals surface area contributed by atoms with E-state index < -0.39 is 0 Å². The summed E-state index contributed by atoms with van der Waals surface area (Å²) in [6, 6.07) is 7.33. The molecule has 2 amide bonds. The summed E-state index contributed by atoms with van der Waals surface area (Å²) in [4.78, 5) is 28.2. The van der Waals surface area contributed by atoms with Gasteiger partial charge in [0.2, 0.25) is 0 Å². The van der Waals surface area contributed by atoms with E-state index in [-0.39, 0.29) is 17.9 Å². The summed E-state index contributed by atoms with van der Waals surface area (Å²) in [6.45, 7) is 6.81. The summed E-state index contributed by atoms with van der Waals surface area (Å²) in [7, 11) is 0. The van der Waals surface area contributed by atoms with Gasteiger partial charge in [0, 0.05) is 25.7 Å². The molecular weight excluding hydrogens is 268 g/mol. The molecule has 0 spiro atoms. The number of hydrogen-bond acceptors (Lipinski definition) is 4. The highest BCUT2D eigenvalue weighted by Gasteiger charge is 2.35. The van der Waals surface area contributed by atoms with Crippen LogP contribution in [0.4, 0.5) is 0 Å². The van der Waals surface area contributed by atoms with Crippen LogP contribution in [0.2, 0.25) is 0 Å². The van der Waals surface area contributed by atoms with E-state index in [1.54, 1.807) is 24.3 Å².